The van der Waals surface area contributed by atoms with Crippen LogP contribution < -0.4 is 20.5 Å². The summed E-state index contributed by atoms with van der Waals surface area (Å²) in [5, 5.41) is 1.14. The van der Waals surface area contributed by atoms with E-state index in [1.54, 1.807) is 0 Å². The molecular formula is C29H20F6N4. The number of para-hydroxylation sites is 2. The summed E-state index contributed by atoms with van der Waals surface area (Å²) < 4.78 is 79.1. The molecule has 0 amide bonds. The van der Waals surface area contributed by atoms with Gasteiger partial charge in [-0.1, -0.05) is 12.1 Å². The molecule has 4 aromatic carbocycles. The molecule has 4 aromatic rings. The monoisotopic (exact) mass is 538 g/mol. The van der Waals surface area contributed by atoms with Crippen molar-refractivity contribution in [3.8, 4) is 0 Å². The van der Waals surface area contributed by atoms with Crippen LogP contribution in [0.25, 0.3) is 0 Å². The number of fused-ring (bicyclic) bond motifs is 3. The van der Waals surface area contributed by atoms with Gasteiger partial charge in [-0.2, -0.15) is 26.3 Å². The Hall–Kier alpha value is -4.34. The normalized spacial score (nSPS) is 15.7. The average molecular weight is 538 g/mol. The van der Waals surface area contributed by atoms with Crippen molar-refractivity contribution < 1.29 is 26.3 Å². The minimum absolute atomic E-state index is 0.517. The molecule has 6 rings (SSSR count). The molecule has 0 saturated carbocycles. The van der Waals surface area contributed by atoms with Crippen molar-refractivity contribution in [3.63, 3.8) is 0 Å². The van der Waals surface area contributed by atoms with E-state index in [1.807, 2.05) is 60.0 Å². The molecule has 4 nitrogen and oxygen atoms in total. The summed E-state index contributed by atoms with van der Waals surface area (Å²) in [5.41, 5.74) is 1.34. The first-order valence-corrected chi connectivity index (χ1v) is 12.0. The van der Waals surface area contributed by atoms with Crippen LogP contribution in [0, 0.1) is 0 Å². The van der Waals surface area contributed by atoms with Crippen LogP contribution in [0.1, 0.15) is 25.0 Å². The molecule has 0 spiro atoms. The third kappa shape index (κ3) is 4.20. The van der Waals surface area contributed by atoms with Gasteiger partial charge in [0.2, 0.25) is 0 Å². The maximum absolute atomic E-state index is 13.2. The van der Waals surface area contributed by atoms with Gasteiger partial charge in [0, 0.05) is 11.4 Å². The first kappa shape index (κ1) is 25.0. The molecule has 2 aliphatic rings. The summed E-state index contributed by atoms with van der Waals surface area (Å²) in [6.45, 7) is 3.70. The fourth-order valence-corrected chi connectivity index (χ4v) is 5.07. The summed E-state index contributed by atoms with van der Waals surface area (Å²) in [6.07, 6.45) is -8.91. The molecule has 0 N–H and O–H groups in total. The van der Waals surface area contributed by atoms with E-state index in [9.17, 15) is 26.3 Å². The highest BCUT2D eigenvalue weighted by Crippen LogP contribution is 2.43. The van der Waals surface area contributed by atoms with Crippen LogP contribution in [0.15, 0.2) is 94.9 Å². The molecule has 198 valence electrons. The second kappa shape index (κ2) is 8.33. The molecule has 2 aliphatic heterocycles. The van der Waals surface area contributed by atoms with Gasteiger partial charge in [-0.15, -0.1) is 0 Å². The van der Waals surface area contributed by atoms with Gasteiger partial charge < -0.3 is 9.80 Å². The standard InChI is InChI=1S/C29H20F6N4/c1-27(2)37-23-16-25-22(15-26(23)39(27)20-13-9-18(10-14-20)29(33,34)35)36-21-5-3-4-6-24(21)38(25)19-11-7-17(8-12-19)28(30,31)32/h3-16H,1-2H3. The van der Waals surface area contributed by atoms with Crippen LogP contribution in [-0.4, -0.2) is 5.66 Å². The van der Waals surface area contributed by atoms with E-state index in [2.05, 4.69) is 0 Å². The van der Waals surface area contributed by atoms with Crippen LogP contribution in [0.2, 0.25) is 0 Å². The van der Waals surface area contributed by atoms with Gasteiger partial charge in [-0.05, 0) is 86.6 Å². The zero-order valence-corrected chi connectivity index (χ0v) is 20.6. The number of hydrogen-bond donors (Lipinski definition) is 0. The Morgan fingerprint density at radius 3 is 1.74 bits per heavy atom. The lowest BCUT2D eigenvalue weighted by Gasteiger charge is -2.33. The number of rotatable bonds is 2. The number of anilines is 5. The predicted molar refractivity (Wildman–Crippen MR) is 136 cm³/mol. The molecule has 0 unspecified atom stereocenters. The Morgan fingerprint density at radius 1 is 0.615 bits per heavy atom. The molecule has 0 radical (unpaired) electrons. The van der Waals surface area contributed by atoms with Crippen molar-refractivity contribution in [2.75, 3.05) is 9.80 Å². The summed E-state index contributed by atoms with van der Waals surface area (Å²) in [5.74, 6) is 0. The molecule has 10 heteroatoms. The summed E-state index contributed by atoms with van der Waals surface area (Å²) >= 11 is 0. The van der Waals surface area contributed by atoms with E-state index in [0.717, 1.165) is 24.3 Å². The highest BCUT2D eigenvalue weighted by molar-refractivity contribution is 5.86. The SMILES string of the molecule is CC1(C)N=c2cc3c(cc2N1c1ccc(C(F)(F)F)cc1)=Nc1ccccc1N3c1ccc(C(F)(F)F)cc1. The van der Waals surface area contributed by atoms with Gasteiger partial charge in [0.1, 0.15) is 5.66 Å². The van der Waals surface area contributed by atoms with Crippen LogP contribution >= 0.6 is 0 Å². The Labute approximate surface area is 219 Å². The van der Waals surface area contributed by atoms with E-state index in [0.29, 0.717) is 44.8 Å². The Morgan fingerprint density at radius 2 is 1.15 bits per heavy atom. The van der Waals surface area contributed by atoms with Gasteiger partial charge in [-0.3, -0.25) is 4.99 Å². The minimum Gasteiger partial charge on any atom is -0.315 e. The molecular weight excluding hydrogens is 518 g/mol. The predicted octanol–water partition coefficient (Wildman–Crippen LogP) is 7.97. The van der Waals surface area contributed by atoms with Gasteiger partial charge in [-0.25, -0.2) is 4.99 Å². The largest absolute Gasteiger partial charge is 0.416 e. The molecule has 0 saturated heterocycles. The van der Waals surface area contributed by atoms with E-state index >= 15 is 0 Å². The number of halogens is 6. The van der Waals surface area contributed by atoms with Crippen molar-refractivity contribution in [3.05, 3.63) is 107 Å². The van der Waals surface area contributed by atoms with Crippen molar-refractivity contribution in [2.45, 2.75) is 31.9 Å². The number of benzene rings is 4. The molecule has 0 bridgehead atoms. The second-order valence-corrected chi connectivity index (χ2v) is 9.80. The first-order chi connectivity index (χ1) is 18.3. The quantitative estimate of drug-likeness (QED) is 0.214. The fraction of sp³-hybridized carbons (Fsp3) is 0.172. The highest BCUT2D eigenvalue weighted by atomic mass is 19.4. The van der Waals surface area contributed by atoms with Crippen molar-refractivity contribution in [1.29, 1.82) is 0 Å². The third-order valence-corrected chi connectivity index (χ3v) is 6.76. The van der Waals surface area contributed by atoms with E-state index < -0.39 is 29.1 Å². The van der Waals surface area contributed by atoms with Crippen LogP contribution in [-0.2, 0) is 12.4 Å². The summed E-state index contributed by atoms with van der Waals surface area (Å²) in [4.78, 5) is 13.3. The molecule has 0 atom stereocenters. The highest BCUT2D eigenvalue weighted by Gasteiger charge is 2.37. The maximum atomic E-state index is 13.2. The molecule has 0 fully saturated rings. The average Bonchev–Trinajstić information content (AvgIpc) is 3.13. The Kier molecular flexibility index (Phi) is 5.33. The molecule has 2 heterocycles. The topological polar surface area (TPSA) is 31.2 Å². The van der Waals surface area contributed by atoms with Gasteiger partial charge >= 0.3 is 12.4 Å². The smallest absolute Gasteiger partial charge is 0.315 e. The number of hydrogen-bond acceptors (Lipinski definition) is 4. The Bertz CT molecular complexity index is 1710. The van der Waals surface area contributed by atoms with Crippen LogP contribution in [0.3, 0.4) is 0 Å². The molecule has 0 aromatic heterocycles. The summed E-state index contributed by atoms with van der Waals surface area (Å²) in [6, 6.07) is 20.7. The second-order valence-electron chi connectivity index (χ2n) is 9.80. The maximum Gasteiger partial charge on any atom is 0.416 e. The zero-order valence-electron chi connectivity index (χ0n) is 20.6. The van der Waals surface area contributed by atoms with E-state index in [-0.39, 0.29) is 0 Å². The summed E-state index contributed by atoms with van der Waals surface area (Å²) in [7, 11) is 0. The third-order valence-electron chi connectivity index (χ3n) is 6.76. The molecule has 0 aliphatic carbocycles. The minimum atomic E-state index is -4.46. The lowest BCUT2D eigenvalue weighted by Crippen LogP contribution is -2.36. The number of alkyl halides is 6. The van der Waals surface area contributed by atoms with Gasteiger partial charge in [0.25, 0.3) is 0 Å². The fourth-order valence-electron chi connectivity index (χ4n) is 5.07. The molecule has 39 heavy (non-hydrogen) atoms. The van der Waals surface area contributed by atoms with Crippen molar-refractivity contribution >= 4 is 34.1 Å². The lowest BCUT2D eigenvalue weighted by atomic mass is 10.1. The van der Waals surface area contributed by atoms with Crippen molar-refractivity contribution in [1.82, 2.24) is 0 Å². The van der Waals surface area contributed by atoms with Crippen molar-refractivity contribution in [2.24, 2.45) is 9.98 Å². The Balaban J connectivity index is 1.51. The van der Waals surface area contributed by atoms with Gasteiger partial charge in [0.05, 0.1) is 44.6 Å². The first-order valence-electron chi connectivity index (χ1n) is 12.0. The lowest BCUT2D eigenvalue weighted by molar-refractivity contribution is -0.138. The van der Waals surface area contributed by atoms with E-state index in [1.165, 1.54) is 24.3 Å². The zero-order chi connectivity index (χ0) is 27.7. The van der Waals surface area contributed by atoms with Gasteiger partial charge in [0.15, 0.2) is 0 Å². The van der Waals surface area contributed by atoms with E-state index in [4.69, 9.17) is 9.98 Å². The number of nitrogens with zero attached hydrogens (tertiary/aromatic N) is 4. The van der Waals surface area contributed by atoms with Crippen LogP contribution in [0.4, 0.5) is 60.5 Å². The van der Waals surface area contributed by atoms with Crippen LogP contribution in [0.5, 0.6) is 0 Å².